The summed E-state index contributed by atoms with van der Waals surface area (Å²) >= 11 is 0. The molecule has 0 aliphatic heterocycles. The molecule has 0 bridgehead atoms. The Kier molecular flexibility index (Phi) is 3.42. The Morgan fingerprint density at radius 1 is 1.35 bits per heavy atom. The molecule has 0 radical (unpaired) electrons. The van der Waals surface area contributed by atoms with Crippen molar-refractivity contribution >= 4 is 16.7 Å². The zero-order valence-corrected chi connectivity index (χ0v) is 12.2. The third-order valence-corrected chi connectivity index (χ3v) is 4.51. The monoisotopic (exact) mass is 273 g/mol. The number of hydrogen-bond acceptors (Lipinski definition) is 3. The van der Waals surface area contributed by atoms with Crippen LogP contribution in [0.2, 0.25) is 0 Å². The second-order valence-electron chi connectivity index (χ2n) is 6.09. The summed E-state index contributed by atoms with van der Waals surface area (Å²) in [5.41, 5.74) is 8.55. The van der Waals surface area contributed by atoms with Gasteiger partial charge >= 0.3 is 0 Å². The summed E-state index contributed by atoms with van der Waals surface area (Å²) in [4.78, 5) is 4.62. The molecule has 108 valence electrons. The van der Waals surface area contributed by atoms with Gasteiger partial charge in [0, 0.05) is 11.7 Å². The van der Waals surface area contributed by atoms with Crippen molar-refractivity contribution in [2.24, 2.45) is 5.92 Å². The predicted octanol–water partition coefficient (Wildman–Crippen LogP) is 3.42. The lowest BCUT2D eigenvalue weighted by Gasteiger charge is -2.32. The molecule has 3 unspecified atom stereocenters. The first-order valence-electron chi connectivity index (χ1n) is 7.53. The number of aliphatic hydroxyl groups is 1. The summed E-state index contributed by atoms with van der Waals surface area (Å²) in [5, 5.41) is 10.1. The fraction of sp³-hybridized carbons (Fsp3) is 0.562. The molecule has 2 aromatic rings. The normalized spacial score (nSPS) is 24.9. The van der Waals surface area contributed by atoms with Gasteiger partial charge in [-0.3, -0.25) is 0 Å². The Balaban J connectivity index is 2.18. The highest BCUT2D eigenvalue weighted by atomic mass is 16.3. The summed E-state index contributed by atoms with van der Waals surface area (Å²) in [7, 11) is 0. The van der Waals surface area contributed by atoms with E-state index in [2.05, 4.69) is 16.5 Å². The van der Waals surface area contributed by atoms with Crippen LogP contribution < -0.4 is 5.73 Å². The van der Waals surface area contributed by atoms with E-state index in [4.69, 9.17) is 5.73 Å². The summed E-state index contributed by atoms with van der Waals surface area (Å²) in [6, 6.07) is 6.28. The largest absolute Gasteiger partial charge is 0.399 e. The van der Waals surface area contributed by atoms with Gasteiger partial charge in [-0.1, -0.05) is 19.8 Å². The minimum absolute atomic E-state index is 0.432. The van der Waals surface area contributed by atoms with Crippen LogP contribution in [0.4, 0.5) is 5.69 Å². The molecule has 4 nitrogen and oxygen atoms in total. The van der Waals surface area contributed by atoms with E-state index >= 15 is 0 Å². The van der Waals surface area contributed by atoms with Gasteiger partial charge in [-0.05, 0) is 43.9 Å². The Hall–Kier alpha value is -1.55. The van der Waals surface area contributed by atoms with E-state index in [1.165, 1.54) is 19.3 Å². The Morgan fingerprint density at radius 3 is 2.80 bits per heavy atom. The quantitative estimate of drug-likeness (QED) is 0.824. The second-order valence-corrected chi connectivity index (χ2v) is 6.09. The fourth-order valence-corrected chi connectivity index (χ4v) is 3.46. The van der Waals surface area contributed by atoms with Gasteiger partial charge < -0.3 is 15.4 Å². The van der Waals surface area contributed by atoms with E-state index in [0.717, 1.165) is 29.0 Å². The first-order valence-corrected chi connectivity index (χ1v) is 7.53. The maximum Gasteiger partial charge on any atom is 0.138 e. The summed E-state index contributed by atoms with van der Waals surface area (Å²) in [6.45, 7) is 4.09. The SMILES string of the molecule is CC(O)c1nc2cc(N)ccc2n1C1CCCCC1C. The number of aliphatic hydroxyl groups excluding tert-OH is 1. The molecule has 0 amide bonds. The van der Waals surface area contributed by atoms with Crippen molar-refractivity contribution in [2.75, 3.05) is 5.73 Å². The van der Waals surface area contributed by atoms with Crippen LogP contribution >= 0.6 is 0 Å². The van der Waals surface area contributed by atoms with E-state index in [1.807, 2.05) is 18.2 Å². The molecule has 0 saturated heterocycles. The number of benzene rings is 1. The molecule has 3 atom stereocenters. The molecule has 1 aliphatic carbocycles. The van der Waals surface area contributed by atoms with E-state index in [1.54, 1.807) is 6.92 Å². The molecule has 1 aromatic heterocycles. The van der Waals surface area contributed by atoms with E-state index in [9.17, 15) is 5.11 Å². The number of nitrogens with two attached hydrogens (primary N) is 1. The van der Waals surface area contributed by atoms with E-state index in [0.29, 0.717) is 12.0 Å². The number of rotatable bonds is 2. The topological polar surface area (TPSA) is 64.1 Å². The maximum absolute atomic E-state index is 10.1. The number of anilines is 1. The van der Waals surface area contributed by atoms with Gasteiger partial charge in [-0.15, -0.1) is 0 Å². The number of imidazole rings is 1. The first kappa shape index (κ1) is 13.4. The zero-order chi connectivity index (χ0) is 14.3. The van der Waals surface area contributed by atoms with Gasteiger partial charge in [0.05, 0.1) is 11.0 Å². The van der Waals surface area contributed by atoms with Crippen LogP contribution in [-0.4, -0.2) is 14.7 Å². The number of nitrogen functional groups attached to an aromatic ring is 1. The van der Waals surface area contributed by atoms with Gasteiger partial charge in [0.1, 0.15) is 11.9 Å². The van der Waals surface area contributed by atoms with Crippen LogP contribution in [0.3, 0.4) is 0 Å². The van der Waals surface area contributed by atoms with Crippen molar-refractivity contribution < 1.29 is 5.11 Å². The number of nitrogens with zero attached hydrogens (tertiary/aromatic N) is 2. The zero-order valence-electron chi connectivity index (χ0n) is 12.2. The number of hydrogen-bond donors (Lipinski definition) is 2. The standard InChI is InChI=1S/C16H23N3O/c1-10-5-3-4-6-14(10)19-15-8-7-12(17)9-13(15)18-16(19)11(2)20/h7-11,14,20H,3-6,17H2,1-2H3. The van der Waals surface area contributed by atoms with Crippen LogP contribution in [0.1, 0.15) is 57.5 Å². The first-order chi connectivity index (χ1) is 9.58. The minimum Gasteiger partial charge on any atom is -0.399 e. The predicted molar refractivity (Wildman–Crippen MR) is 81.4 cm³/mol. The van der Waals surface area contributed by atoms with Gasteiger partial charge in [-0.2, -0.15) is 0 Å². The highest BCUT2D eigenvalue weighted by molar-refractivity contribution is 5.80. The molecule has 1 saturated carbocycles. The van der Waals surface area contributed by atoms with Crippen molar-refractivity contribution in [1.29, 1.82) is 0 Å². The summed E-state index contributed by atoms with van der Waals surface area (Å²) in [6.07, 6.45) is 4.41. The number of fused-ring (bicyclic) bond motifs is 1. The lowest BCUT2D eigenvalue weighted by molar-refractivity contribution is 0.170. The molecule has 1 aliphatic rings. The number of aromatic nitrogens is 2. The molecule has 3 rings (SSSR count). The van der Waals surface area contributed by atoms with E-state index in [-0.39, 0.29) is 0 Å². The molecular weight excluding hydrogens is 250 g/mol. The Morgan fingerprint density at radius 2 is 2.10 bits per heavy atom. The third kappa shape index (κ3) is 2.18. The minimum atomic E-state index is -0.558. The molecule has 1 heterocycles. The molecular formula is C16H23N3O. The Labute approximate surface area is 119 Å². The fourth-order valence-electron chi connectivity index (χ4n) is 3.46. The molecule has 3 N–H and O–H groups in total. The lowest BCUT2D eigenvalue weighted by Crippen LogP contribution is -2.23. The van der Waals surface area contributed by atoms with Crippen LogP contribution in [0.25, 0.3) is 11.0 Å². The van der Waals surface area contributed by atoms with Crippen molar-refractivity contribution in [3.05, 3.63) is 24.0 Å². The summed E-state index contributed by atoms with van der Waals surface area (Å²) < 4.78 is 2.25. The smallest absolute Gasteiger partial charge is 0.138 e. The van der Waals surface area contributed by atoms with Gasteiger partial charge in [-0.25, -0.2) is 4.98 Å². The molecule has 20 heavy (non-hydrogen) atoms. The van der Waals surface area contributed by atoms with E-state index < -0.39 is 6.10 Å². The summed E-state index contributed by atoms with van der Waals surface area (Å²) in [5.74, 6) is 1.39. The van der Waals surface area contributed by atoms with Gasteiger partial charge in [0.25, 0.3) is 0 Å². The Bertz CT molecular complexity index is 617. The van der Waals surface area contributed by atoms with Crippen molar-refractivity contribution in [3.63, 3.8) is 0 Å². The van der Waals surface area contributed by atoms with Crippen molar-refractivity contribution in [2.45, 2.75) is 51.7 Å². The van der Waals surface area contributed by atoms with Gasteiger partial charge in [0.15, 0.2) is 0 Å². The average molecular weight is 273 g/mol. The van der Waals surface area contributed by atoms with Crippen LogP contribution in [0, 0.1) is 5.92 Å². The van der Waals surface area contributed by atoms with Gasteiger partial charge in [0.2, 0.25) is 0 Å². The second kappa shape index (κ2) is 5.09. The average Bonchev–Trinajstić information content (AvgIpc) is 2.78. The van der Waals surface area contributed by atoms with Crippen molar-refractivity contribution in [1.82, 2.24) is 9.55 Å². The maximum atomic E-state index is 10.1. The molecule has 0 spiro atoms. The highest BCUT2D eigenvalue weighted by Gasteiger charge is 2.28. The van der Waals surface area contributed by atoms with Crippen LogP contribution in [0.15, 0.2) is 18.2 Å². The van der Waals surface area contributed by atoms with Crippen LogP contribution in [-0.2, 0) is 0 Å². The molecule has 1 aromatic carbocycles. The molecule has 4 heteroatoms. The highest BCUT2D eigenvalue weighted by Crippen LogP contribution is 2.38. The molecule has 1 fully saturated rings. The van der Waals surface area contributed by atoms with Crippen molar-refractivity contribution in [3.8, 4) is 0 Å². The van der Waals surface area contributed by atoms with Crippen LogP contribution in [0.5, 0.6) is 0 Å². The lowest BCUT2D eigenvalue weighted by atomic mass is 9.85. The third-order valence-electron chi connectivity index (χ3n) is 4.51.